The molecule has 0 aliphatic carbocycles. The normalized spacial score (nSPS) is 36.8. The number of thioether (sulfide) groups is 1. The van der Waals surface area contributed by atoms with E-state index in [1.165, 1.54) is 44.0 Å². The van der Waals surface area contributed by atoms with E-state index in [1.807, 2.05) is 0 Å². The van der Waals surface area contributed by atoms with Crippen LogP contribution in [0.1, 0.15) is 26.7 Å². The number of hydrogen-bond donors (Lipinski definition) is 1. The molecule has 1 N–H and O–H groups in total. The smallest absolute Gasteiger partial charge is 0.0117 e. The molecule has 2 rings (SSSR count). The van der Waals surface area contributed by atoms with Gasteiger partial charge in [-0.25, -0.2) is 0 Å². The highest BCUT2D eigenvalue weighted by molar-refractivity contribution is 7.99. The summed E-state index contributed by atoms with van der Waals surface area (Å²) in [4.78, 5) is 2.70. The molecule has 3 heteroatoms. The Morgan fingerprint density at radius 2 is 2.25 bits per heavy atom. The largest absolute Gasteiger partial charge is 0.314 e. The van der Waals surface area contributed by atoms with Gasteiger partial charge in [0.15, 0.2) is 0 Å². The fraction of sp³-hybridized carbons (Fsp3) is 1.00. The summed E-state index contributed by atoms with van der Waals surface area (Å²) >= 11 is 2.14. The van der Waals surface area contributed by atoms with Gasteiger partial charge < -0.3 is 10.2 Å². The van der Waals surface area contributed by atoms with Crippen LogP contribution in [0, 0.1) is 11.8 Å². The van der Waals surface area contributed by atoms with E-state index in [9.17, 15) is 0 Å². The van der Waals surface area contributed by atoms with Gasteiger partial charge in [0.2, 0.25) is 0 Å². The van der Waals surface area contributed by atoms with Crippen molar-refractivity contribution in [3.8, 4) is 0 Å². The highest BCUT2D eigenvalue weighted by atomic mass is 32.2. The molecular formula is C13H26N2S. The van der Waals surface area contributed by atoms with Crippen molar-refractivity contribution in [3.05, 3.63) is 0 Å². The zero-order valence-corrected chi connectivity index (χ0v) is 11.6. The molecule has 0 aromatic heterocycles. The van der Waals surface area contributed by atoms with Gasteiger partial charge in [-0.15, -0.1) is 0 Å². The first kappa shape index (κ1) is 12.7. The van der Waals surface area contributed by atoms with Crippen molar-refractivity contribution >= 4 is 11.8 Å². The lowest BCUT2D eigenvalue weighted by molar-refractivity contribution is 0.134. The molecule has 3 atom stereocenters. The topological polar surface area (TPSA) is 15.3 Å². The highest BCUT2D eigenvalue weighted by Crippen LogP contribution is 2.26. The minimum atomic E-state index is 0.763. The zero-order valence-electron chi connectivity index (χ0n) is 10.7. The van der Waals surface area contributed by atoms with Crippen LogP contribution >= 0.6 is 11.8 Å². The maximum absolute atomic E-state index is 3.62. The molecule has 2 aliphatic rings. The lowest BCUT2D eigenvalue weighted by Crippen LogP contribution is -2.49. The van der Waals surface area contributed by atoms with Gasteiger partial charge >= 0.3 is 0 Å². The third-order valence-electron chi connectivity index (χ3n) is 4.00. The Balaban J connectivity index is 1.73. The molecule has 2 saturated heterocycles. The van der Waals surface area contributed by atoms with Crippen LogP contribution in [-0.2, 0) is 0 Å². The van der Waals surface area contributed by atoms with E-state index < -0.39 is 0 Å². The third-order valence-corrected chi connectivity index (χ3v) is 5.23. The molecule has 3 unspecified atom stereocenters. The number of nitrogens with zero attached hydrogens (tertiary/aromatic N) is 1. The number of hydrogen-bond acceptors (Lipinski definition) is 3. The molecule has 2 fully saturated rings. The maximum Gasteiger partial charge on any atom is 0.0117 e. The average Bonchev–Trinajstić information content (AvgIpc) is 2.75. The summed E-state index contributed by atoms with van der Waals surface area (Å²) in [6.07, 6.45) is 2.79. The van der Waals surface area contributed by atoms with E-state index >= 15 is 0 Å². The van der Waals surface area contributed by atoms with Gasteiger partial charge in [0.1, 0.15) is 0 Å². The van der Waals surface area contributed by atoms with E-state index in [-0.39, 0.29) is 0 Å². The third kappa shape index (κ3) is 3.38. The molecule has 2 heterocycles. The van der Waals surface area contributed by atoms with E-state index in [0.29, 0.717) is 0 Å². The van der Waals surface area contributed by atoms with Crippen molar-refractivity contribution in [1.82, 2.24) is 10.2 Å². The fourth-order valence-electron chi connectivity index (χ4n) is 3.06. The molecule has 0 aromatic rings. The van der Waals surface area contributed by atoms with Crippen molar-refractivity contribution in [3.63, 3.8) is 0 Å². The molecule has 16 heavy (non-hydrogen) atoms. The Bertz CT molecular complexity index is 204. The lowest BCUT2D eigenvalue weighted by atomic mass is 9.93. The van der Waals surface area contributed by atoms with Gasteiger partial charge in [0.25, 0.3) is 0 Å². The predicted octanol–water partition coefficient (Wildman–Crippen LogP) is 2.06. The zero-order chi connectivity index (χ0) is 11.4. The second kappa shape index (κ2) is 6.27. The Morgan fingerprint density at radius 1 is 1.38 bits per heavy atom. The van der Waals surface area contributed by atoms with Crippen LogP contribution in [0.5, 0.6) is 0 Å². The van der Waals surface area contributed by atoms with Crippen LogP contribution in [0.15, 0.2) is 0 Å². The van der Waals surface area contributed by atoms with Gasteiger partial charge in [-0.3, -0.25) is 0 Å². The Labute approximate surface area is 105 Å². The van der Waals surface area contributed by atoms with Gasteiger partial charge in [0.05, 0.1) is 0 Å². The summed E-state index contributed by atoms with van der Waals surface area (Å²) in [7, 11) is 0. The van der Waals surface area contributed by atoms with Crippen molar-refractivity contribution in [2.45, 2.75) is 32.7 Å². The Hall–Kier alpha value is 0.270. The summed E-state index contributed by atoms with van der Waals surface area (Å²) in [6.45, 7) is 9.71. The molecule has 94 valence electrons. The summed E-state index contributed by atoms with van der Waals surface area (Å²) in [5, 5.41) is 3.62. The van der Waals surface area contributed by atoms with Gasteiger partial charge in [-0.2, -0.15) is 11.8 Å². The van der Waals surface area contributed by atoms with Crippen molar-refractivity contribution in [2.24, 2.45) is 11.8 Å². The number of likely N-dealkylation sites (tertiary alicyclic amines) is 1. The molecule has 0 radical (unpaired) electrons. The first-order valence-corrected chi connectivity index (χ1v) is 7.98. The lowest BCUT2D eigenvalue weighted by Gasteiger charge is -2.38. The van der Waals surface area contributed by atoms with Crippen LogP contribution < -0.4 is 5.32 Å². The second-order valence-electron chi connectivity index (χ2n) is 5.42. The molecule has 0 spiro atoms. The summed E-state index contributed by atoms with van der Waals surface area (Å²) < 4.78 is 0. The molecule has 0 saturated carbocycles. The van der Waals surface area contributed by atoms with Crippen LogP contribution in [0.4, 0.5) is 0 Å². The monoisotopic (exact) mass is 242 g/mol. The first-order chi connectivity index (χ1) is 7.79. The average molecular weight is 242 g/mol. The Kier molecular flexibility index (Phi) is 4.98. The highest BCUT2D eigenvalue weighted by Gasteiger charge is 2.27. The molecular weight excluding hydrogens is 216 g/mol. The summed E-state index contributed by atoms with van der Waals surface area (Å²) in [6, 6.07) is 0.763. The van der Waals surface area contributed by atoms with Crippen LogP contribution in [0.2, 0.25) is 0 Å². The second-order valence-corrected chi connectivity index (χ2v) is 6.57. The van der Waals surface area contributed by atoms with Gasteiger partial charge in [0, 0.05) is 19.1 Å². The quantitative estimate of drug-likeness (QED) is 0.812. The molecule has 0 bridgehead atoms. The SMILES string of the molecule is CCNC1CCN(CC2CCSC2)CC1C. The van der Waals surface area contributed by atoms with Crippen molar-refractivity contribution in [2.75, 3.05) is 37.7 Å². The molecule has 0 aromatic carbocycles. The van der Waals surface area contributed by atoms with Gasteiger partial charge in [-0.05, 0) is 49.3 Å². The minimum absolute atomic E-state index is 0.763. The van der Waals surface area contributed by atoms with Crippen molar-refractivity contribution in [1.29, 1.82) is 0 Å². The number of nitrogens with one attached hydrogen (secondary N) is 1. The molecule has 0 amide bonds. The van der Waals surface area contributed by atoms with Crippen LogP contribution in [0.25, 0.3) is 0 Å². The fourth-order valence-corrected chi connectivity index (χ4v) is 4.33. The number of piperidine rings is 1. The number of rotatable bonds is 4. The van der Waals surface area contributed by atoms with Crippen LogP contribution in [-0.4, -0.2) is 48.6 Å². The molecule has 2 aliphatic heterocycles. The Morgan fingerprint density at radius 3 is 2.88 bits per heavy atom. The van der Waals surface area contributed by atoms with E-state index in [1.54, 1.807) is 0 Å². The molecule has 2 nitrogen and oxygen atoms in total. The summed E-state index contributed by atoms with van der Waals surface area (Å²) in [5.74, 6) is 4.60. The minimum Gasteiger partial charge on any atom is -0.314 e. The van der Waals surface area contributed by atoms with Crippen LogP contribution in [0.3, 0.4) is 0 Å². The van der Waals surface area contributed by atoms with Crippen molar-refractivity contribution < 1.29 is 0 Å². The predicted molar refractivity (Wildman–Crippen MR) is 73.1 cm³/mol. The first-order valence-electron chi connectivity index (χ1n) is 6.83. The standard InChI is InChI=1S/C13H26N2S/c1-3-14-13-4-6-15(8-11(13)2)9-12-5-7-16-10-12/h11-14H,3-10H2,1-2H3. The van der Waals surface area contributed by atoms with E-state index in [2.05, 4.69) is 35.8 Å². The maximum atomic E-state index is 3.62. The van der Waals surface area contributed by atoms with E-state index in [0.717, 1.165) is 24.4 Å². The van der Waals surface area contributed by atoms with Gasteiger partial charge in [-0.1, -0.05) is 13.8 Å². The van der Waals surface area contributed by atoms with E-state index in [4.69, 9.17) is 0 Å². The summed E-state index contributed by atoms with van der Waals surface area (Å²) in [5.41, 5.74) is 0.